The number of nitrogens with one attached hydrogen (secondary N) is 1. The molecule has 2 amide bonds. The fourth-order valence-electron chi connectivity index (χ4n) is 2.35. The van der Waals surface area contributed by atoms with Gasteiger partial charge in [-0.3, -0.25) is 9.59 Å². The number of carbonyl (C=O) groups is 3. The zero-order valence-electron chi connectivity index (χ0n) is 10.8. The molecule has 1 saturated heterocycles. The van der Waals surface area contributed by atoms with Crippen LogP contribution in [0.1, 0.15) is 4.88 Å². The Morgan fingerprint density at radius 3 is 2.90 bits per heavy atom. The minimum Gasteiger partial charge on any atom is -0.479 e. The molecule has 0 radical (unpaired) electrons. The van der Waals surface area contributed by atoms with E-state index in [1.807, 2.05) is 17.5 Å². The van der Waals surface area contributed by atoms with E-state index in [9.17, 15) is 14.4 Å². The van der Waals surface area contributed by atoms with E-state index in [0.717, 1.165) is 4.88 Å². The van der Waals surface area contributed by atoms with Crippen molar-refractivity contribution in [3.8, 4) is 0 Å². The van der Waals surface area contributed by atoms with Crippen molar-refractivity contribution in [1.29, 1.82) is 0 Å². The number of β-lactam (4-membered cyclic amide) rings is 1. The molecule has 21 heavy (non-hydrogen) atoms. The molecule has 1 aromatic rings. The van der Waals surface area contributed by atoms with Crippen molar-refractivity contribution in [3.05, 3.63) is 33.9 Å². The van der Waals surface area contributed by atoms with Gasteiger partial charge in [0.2, 0.25) is 11.8 Å². The second-order valence-corrected chi connectivity index (χ2v) is 6.74. The number of thioether (sulfide) groups is 1. The Labute approximate surface area is 128 Å². The Morgan fingerprint density at radius 2 is 2.24 bits per heavy atom. The van der Waals surface area contributed by atoms with E-state index >= 15 is 0 Å². The Balaban J connectivity index is 1.63. The van der Waals surface area contributed by atoms with Crippen LogP contribution < -0.4 is 5.32 Å². The number of thiophene rings is 1. The molecule has 110 valence electrons. The number of hydrogen-bond donors (Lipinski definition) is 2. The van der Waals surface area contributed by atoms with Crippen molar-refractivity contribution in [3.63, 3.8) is 0 Å². The van der Waals surface area contributed by atoms with Crippen molar-refractivity contribution in [2.24, 2.45) is 0 Å². The van der Waals surface area contributed by atoms with Gasteiger partial charge in [0.15, 0.2) is 0 Å². The summed E-state index contributed by atoms with van der Waals surface area (Å²) in [6, 6.07) is 2.14. The van der Waals surface area contributed by atoms with Gasteiger partial charge in [0.1, 0.15) is 17.5 Å². The summed E-state index contributed by atoms with van der Waals surface area (Å²) in [4.78, 5) is 37.3. The maximum Gasteiger partial charge on any atom is 0.330 e. The molecule has 3 atom stereocenters. The predicted molar refractivity (Wildman–Crippen MR) is 78.7 cm³/mol. The molecule has 0 bridgehead atoms. The standard InChI is InChI=1S/C13H12N2O4S2/c16-9(6-7-2-1-4-20-7)14-10-11(17)15-8(13(18)19)3-5-21-12(10)15/h1-5,8,10,12H,6H2,(H,14,16)(H,18,19)/t8?,10?,12-/m1/s1. The van der Waals surface area contributed by atoms with Crippen LogP contribution >= 0.6 is 23.1 Å². The van der Waals surface area contributed by atoms with E-state index < -0.39 is 18.1 Å². The normalized spacial score (nSPS) is 27.0. The second kappa shape index (κ2) is 5.53. The highest BCUT2D eigenvalue weighted by Crippen LogP contribution is 2.36. The molecule has 0 spiro atoms. The number of carboxylic acid groups (broad SMARTS) is 1. The monoisotopic (exact) mass is 324 g/mol. The lowest BCUT2D eigenvalue weighted by Gasteiger charge is -2.49. The summed E-state index contributed by atoms with van der Waals surface area (Å²) in [6.07, 6.45) is 1.71. The van der Waals surface area contributed by atoms with Crippen LogP contribution in [0.2, 0.25) is 0 Å². The minimum absolute atomic E-state index is 0.225. The molecule has 2 N–H and O–H groups in total. The zero-order valence-corrected chi connectivity index (χ0v) is 12.4. The molecule has 2 unspecified atom stereocenters. The van der Waals surface area contributed by atoms with Gasteiger partial charge >= 0.3 is 5.97 Å². The lowest BCUT2D eigenvalue weighted by atomic mass is 10.0. The highest BCUT2D eigenvalue weighted by atomic mass is 32.2. The number of carboxylic acids is 1. The van der Waals surface area contributed by atoms with Crippen molar-refractivity contribution < 1.29 is 19.5 Å². The number of rotatable bonds is 4. The Kier molecular flexibility index (Phi) is 3.73. The van der Waals surface area contributed by atoms with Crippen LogP contribution in [0.15, 0.2) is 29.0 Å². The molecule has 0 aromatic carbocycles. The van der Waals surface area contributed by atoms with Crippen LogP contribution in [0.5, 0.6) is 0 Å². The minimum atomic E-state index is -1.06. The summed E-state index contributed by atoms with van der Waals surface area (Å²) >= 11 is 2.83. The molecular formula is C13H12N2O4S2. The fourth-order valence-corrected chi connectivity index (χ4v) is 4.16. The van der Waals surface area contributed by atoms with Crippen LogP contribution in [0.25, 0.3) is 0 Å². The van der Waals surface area contributed by atoms with Gasteiger partial charge in [0.05, 0.1) is 6.42 Å². The van der Waals surface area contributed by atoms with Gasteiger partial charge in [-0.25, -0.2) is 4.79 Å². The second-order valence-electron chi connectivity index (χ2n) is 4.69. The number of amides is 2. The summed E-state index contributed by atoms with van der Waals surface area (Å²) in [5.74, 6) is -1.63. The third-order valence-electron chi connectivity index (χ3n) is 3.34. The van der Waals surface area contributed by atoms with Gasteiger partial charge < -0.3 is 15.3 Å². The summed E-state index contributed by atoms with van der Waals surface area (Å²) in [6.45, 7) is 0. The third kappa shape index (κ3) is 2.56. The summed E-state index contributed by atoms with van der Waals surface area (Å²) < 4.78 is 0. The Hall–Kier alpha value is -1.80. The topological polar surface area (TPSA) is 86.7 Å². The van der Waals surface area contributed by atoms with Crippen LogP contribution in [-0.4, -0.2) is 45.2 Å². The zero-order chi connectivity index (χ0) is 15.0. The fraction of sp³-hybridized carbons (Fsp3) is 0.308. The van der Waals surface area contributed by atoms with Crippen molar-refractivity contribution in [2.45, 2.75) is 23.9 Å². The van der Waals surface area contributed by atoms with E-state index in [2.05, 4.69) is 5.32 Å². The van der Waals surface area contributed by atoms with E-state index in [0.29, 0.717) is 0 Å². The van der Waals surface area contributed by atoms with Crippen LogP contribution in [0.3, 0.4) is 0 Å². The van der Waals surface area contributed by atoms with E-state index in [4.69, 9.17) is 5.11 Å². The summed E-state index contributed by atoms with van der Waals surface area (Å²) in [7, 11) is 0. The van der Waals surface area contributed by atoms with Gasteiger partial charge in [0.25, 0.3) is 0 Å². The first-order valence-corrected chi connectivity index (χ1v) is 8.09. The number of fused-ring (bicyclic) bond motifs is 1. The highest BCUT2D eigenvalue weighted by molar-refractivity contribution is 8.02. The van der Waals surface area contributed by atoms with E-state index in [1.165, 1.54) is 34.1 Å². The van der Waals surface area contributed by atoms with Crippen LogP contribution in [0.4, 0.5) is 0 Å². The summed E-state index contributed by atoms with van der Waals surface area (Å²) in [5.41, 5.74) is 0. The third-order valence-corrected chi connectivity index (χ3v) is 5.31. The molecule has 1 aromatic heterocycles. The maximum atomic E-state index is 12.1. The predicted octanol–water partition coefficient (Wildman–Crippen LogP) is 0.657. The maximum absolute atomic E-state index is 12.1. The Bertz CT molecular complexity index is 614. The Morgan fingerprint density at radius 1 is 1.43 bits per heavy atom. The van der Waals surface area contributed by atoms with Gasteiger partial charge in [-0.2, -0.15) is 0 Å². The smallest absolute Gasteiger partial charge is 0.330 e. The molecule has 2 aliphatic heterocycles. The van der Waals surface area contributed by atoms with Crippen LogP contribution in [0, 0.1) is 0 Å². The van der Waals surface area contributed by atoms with Crippen LogP contribution in [-0.2, 0) is 20.8 Å². The molecule has 0 aliphatic carbocycles. The number of hydrogen-bond acceptors (Lipinski definition) is 5. The van der Waals surface area contributed by atoms with Crippen molar-refractivity contribution >= 4 is 40.9 Å². The first-order chi connectivity index (χ1) is 10.1. The van der Waals surface area contributed by atoms with Gasteiger partial charge in [-0.05, 0) is 22.9 Å². The molecule has 0 saturated carbocycles. The molecule has 1 fully saturated rings. The first kappa shape index (κ1) is 14.2. The number of aliphatic carboxylic acids is 1. The number of carbonyl (C=O) groups excluding carboxylic acids is 2. The number of nitrogens with zero attached hydrogens (tertiary/aromatic N) is 1. The quantitative estimate of drug-likeness (QED) is 0.795. The molecule has 8 heteroatoms. The van der Waals surface area contributed by atoms with E-state index in [1.54, 1.807) is 5.41 Å². The first-order valence-electron chi connectivity index (χ1n) is 6.27. The molecule has 3 heterocycles. The van der Waals surface area contributed by atoms with E-state index in [-0.39, 0.29) is 23.6 Å². The van der Waals surface area contributed by atoms with Crippen molar-refractivity contribution in [1.82, 2.24) is 10.2 Å². The molecule has 2 aliphatic rings. The average molecular weight is 324 g/mol. The largest absolute Gasteiger partial charge is 0.479 e. The molecule has 3 rings (SSSR count). The average Bonchev–Trinajstić information content (AvgIpc) is 2.96. The highest BCUT2D eigenvalue weighted by Gasteiger charge is 2.53. The van der Waals surface area contributed by atoms with Gasteiger partial charge in [-0.1, -0.05) is 6.07 Å². The summed E-state index contributed by atoms with van der Waals surface area (Å²) in [5, 5.41) is 15.0. The lowest BCUT2D eigenvalue weighted by molar-refractivity contribution is -0.159. The molecule has 6 nitrogen and oxygen atoms in total. The van der Waals surface area contributed by atoms with Gasteiger partial charge in [-0.15, -0.1) is 23.1 Å². The SMILES string of the molecule is O=C(Cc1cccs1)NC1C(=O)N2C(C(=O)O)C=CS[C@H]12. The van der Waals surface area contributed by atoms with Gasteiger partial charge in [0, 0.05) is 4.88 Å². The van der Waals surface area contributed by atoms with Crippen molar-refractivity contribution in [2.75, 3.05) is 0 Å². The molecular weight excluding hydrogens is 312 g/mol. The lowest BCUT2D eigenvalue weighted by Crippen LogP contribution is -2.73.